The number of rotatable bonds is 20. The van der Waals surface area contributed by atoms with Gasteiger partial charge in [-0.25, -0.2) is 0 Å². The van der Waals surface area contributed by atoms with Crippen LogP contribution in [0.2, 0.25) is 0 Å². The first-order chi connectivity index (χ1) is 37.8. The lowest BCUT2D eigenvalue weighted by atomic mass is 9.65. The largest absolute Gasteiger partial charge is 0.491 e. The summed E-state index contributed by atoms with van der Waals surface area (Å²) in [5, 5.41) is 15.4. The molecule has 3 amide bonds. The molecule has 4 saturated heterocycles. The average Bonchev–Trinajstić information content (AvgIpc) is 2.61. The second-order valence-electron chi connectivity index (χ2n) is 20.5. The minimum atomic E-state index is -1.72. The number of piperazine rings is 1. The summed E-state index contributed by atoms with van der Waals surface area (Å²) < 4.78 is 30.9. The van der Waals surface area contributed by atoms with E-state index in [0.29, 0.717) is 40.3 Å². The summed E-state index contributed by atoms with van der Waals surface area (Å²) in [5.41, 5.74) is 2.06. The normalized spacial score (nSPS) is 26.1. The first-order valence-corrected chi connectivity index (χ1v) is 27.4. The Labute approximate surface area is 466 Å². The molecule has 10 rings (SSSR count). The molecule has 10 atom stereocenters. The number of benzene rings is 5. The third-order valence-corrected chi connectivity index (χ3v) is 16.2. The number of hydrogen-bond acceptors (Lipinski definition) is 14. The third kappa shape index (κ3) is 10.3. The van der Waals surface area contributed by atoms with Crippen molar-refractivity contribution in [2.45, 2.75) is 73.5 Å². The maximum Gasteiger partial charge on any atom is 0.325 e. The van der Waals surface area contributed by atoms with Gasteiger partial charge in [-0.1, -0.05) is 97.6 Å². The van der Waals surface area contributed by atoms with Crippen LogP contribution in [0.3, 0.4) is 0 Å². The fraction of sp³-hybridized carbons (Fsp3) is 0.367. The van der Waals surface area contributed by atoms with Crippen molar-refractivity contribution in [3.8, 4) is 11.5 Å². The summed E-state index contributed by atoms with van der Waals surface area (Å²) in [5.74, 6) is -4.53. The van der Waals surface area contributed by atoms with Crippen LogP contribution in [0.25, 0.3) is 0 Å². The van der Waals surface area contributed by atoms with Crippen molar-refractivity contribution in [1.29, 1.82) is 0 Å². The molecule has 0 aliphatic carbocycles. The number of anilines is 1. The number of ether oxygens (including phenoxy) is 5. The van der Waals surface area contributed by atoms with E-state index in [1.807, 2.05) is 104 Å². The van der Waals surface area contributed by atoms with Gasteiger partial charge in [0.05, 0.1) is 30.7 Å². The number of carbonyl (C=O) groups is 6. The van der Waals surface area contributed by atoms with Gasteiger partial charge in [0.15, 0.2) is 0 Å². The Hall–Kier alpha value is -7.13. The number of unbranched alkanes of at least 4 members (excludes halogenated alkanes) is 1. The lowest BCUT2D eigenvalue weighted by Crippen LogP contribution is -2.61. The topological polar surface area (TPSA) is 203 Å². The standard InChI is InChI=1S/C60H62IN5O12/c1-4-29-76-57(71)48-51-58(72)78-52(37-16-9-6-10-17-37)50(36-14-7-5-8-15-36)66(51)53(60(48)44-34-40(61)23-26-45(44)63-59(60)73)38-21-24-41(25-22-38)75-31-32-77-56(70)43-35-47-54(68)62-46(20-11-12-27-64(2)3)55(69)65(47)49(43)39-18-13-19-42(33-39)74-30-28-67/h4-10,13-19,21-26,33-34,43,46-53,67H,1,11-12,20,27-32,35H2,2-3H3,(H,62,68)(H,63,73)/t43-,46-,47-,48+,49-,50+,51+,52-,53-,60+/m0/s1. The van der Waals surface area contributed by atoms with E-state index < -0.39 is 83.4 Å². The van der Waals surface area contributed by atoms with E-state index in [2.05, 4.69) is 44.7 Å². The van der Waals surface area contributed by atoms with Crippen molar-refractivity contribution < 1.29 is 57.6 Å². The summed E-state index contributed by atoms with van der Waals surface area (Å²) >= 11 is 2.18. The van der Waals surface area contributed by atoms with Gasteiger partial charge in [0, 0.05) is 9.26 Å². The second kappa shape index (κ2) is 23.5. The van der Waals surface area contributed by atoms with E-state index in [9.17, 15) is 29.1 Å². The number of cyclic esters (lactones) is 1. The van der Waals surface area contributed by atoms with Crippen molar-refractivity contribution in [1.82, 2.24) is 20.0 Å². The summed E-state index contributed by atoms with van der Waals surface area (Å²) in [6.45, 7) is 4.04. The van der Waals surface area contributed by atoms with Crippen LogP contribution in [0.4, 0.5) is 5.69 Å². The molecule has 5 aromatic carbocycles. The lowest BCUT2D eigenvalue weighted by molar-refractivity contribution is -0.180. The lowest BCUT2D eigenvalue weighted by Gasteiger charge is -2.46. The van der Waals surface area contributed by atoms with Gasteiger partial charge in [0.1, 0.15) is 73.5 Å². The van der Waals surface area contributed by atoms with Gasteiger partial charge < -0.3 is 49.2 Å². The average molecular weight is 1170 g/mol. The Morgan fingerprint density at radius 2 is 1.50 bits per heavy atom. The van der Waals surface area contributed by atoms with Crippen LogP contribution in [0.1, 0.15) is 77.7 Å². The maximum absolute atomic E-state index is 15.3. The molecular formula is C60H62IN5O12. The second-order valence-corrected chi connectivity index (χ2v) is 21.7. The molecule has 0 saturated carbocycles. The van der Waals surface area contributed by atoms with Crippen LogP contribution in [0, 0.1) is 15.4 Å². The molecule has 78 heavy (non-hydrogen) atoms. The minimum Gasteiger partial charge on any atom is -0.491 e. The van der Waals surface area contributed by atoms with Gasteiger partial charge in [0.25, 0.3) is 0 Å². The number of halogens is 1. The SMILES string of the molecule is C=CCOC(=O)[C@H]1[C@@H]2C(=O)O[C@@H](c3ccccc3)[C@@H](c3ccccc3)N2[C@@H](c2ccc(OCCOC(=O)[C@H]3C[C@H]4C(=O)N[C@@H](CCCCN(C)C)C(=O)N4[C@H]3c3cccc(OCCO)c3)cc2)[C@]12C(=O)Nc1ccc(I)cc12. The molecule has 5 heterocycles. The molecule has 5 aliphatic heterocycles. The van der Waals surface area contributed by atoms with Gasteiger partial charge in [0.2, 0.25) is 17.7 Å². The summed E-state index contributed by atoms with van der Waals surface area (Å²) in [4.78, 5) is 92.9. The number of nitrogens with zero attached hydrogens (tertiary/aromatic N) is 3. The van der Waals surface area contributed by atoms with Crippen molar-refractivity contribution in [3.05, 3.63) is 171 Å². The van der Waals surface area contributed by atoms with Gasteiger partial charge in [-0.05, 0) is 139 Å². The molecule has 0 unspecified atom stereocenters. The number of hydrogen-bond donors (Lipinski definition) is 3. The van der Waals surface area contributed by atoms with Crippen LogP contribution in [0.15, 0.2) is 140 Å². The third-order valence-electron chi connectivity index (χ3n) is 15.5. The Morgan fingerprint density at radius 1 is 0.782 bits per heavy atom. The van der Waals surface area contributed by atoms with Crippen LogP contribution >= 0.6 is 22.6 Å². The minimum absolute atomic E-state index is 0.0441. The van der Waals surface area contributed by atoms with Crippen LogP contribution in [0.5, 0.6) is 11.5 Å². The quantitative estimate of drug-likeness (QED) is 0.0242. The Kier molecular flexibility index (Phi) is 16.3. The number of aliphatic hydroxyl groups is 1. The first-order valence-electron chi connectivity index (χ1n) is 26.3. The number of nitrogens with one attached hydrogen (secondary N) is 2. The smallest absolute Gasteiger partial charge is 0.325 e. The van der Waals surface area contributed by atoms with E-state index in [-0.39, 0.29) is 51.3 Å². The van der Waals surface area contributed by atoms with Crippen LogP contribution in [-0.4, -0.2) is 127 Å². The van der Waals surface area contributed by atoms with Crippen molar-refractivity contribution in [2.75, 3.05) is 59.0 Å². The zero-order valence-electron chi connectivity index (χ0n) is 43.3. The summed E-state index contributed by atoms with van der Waals surface area (Å²) in [6, 6.07) is 33.2. The fourth-order valence-electron chi connectivity index (χ4n) is 12.4. The molecule has 0 bridgehead atoms. The van der Waals surface area contributed by atoms with E-state index in [1.54, 1.807) is 47.4 Å². The number of esters is 3. The van der Waals surface area contributed by atoms with Crippen molar-refractivity contribution in [2.24, 2.45) is 11.8 Å². The highest BCUT2D eigenvalue weighted by Crippen LogP contribution is 2.65. The molecule has 3 N–H and O–H groups in total. The van der Waals surface area contributed by atoms with E-state index in [1.165, 1.54) is 6.08 Å². The molecule has 406 valence electrons. The van der Waals surface area contributed by atoms with Crippen LogP contribution in [-0.2, 0) is 48.4 Å². The maximum atomic E-state index is 15.3. The Balaban J connectivity index is 0.939. The Morgan fingerprint density at radius 3 is 2.22 bits per heavy atom. The predicted molar refractivity (Wildman–Crippen MR) is 295 cm³/mol. The number of amides is 3. The molecule has 5 aromatic rings. The van der Waals surface area contributed by atoms with E-state index in [4.69, 9.17) is 23.7 Å². The van der Waals surface area contributed by atoms with Gasteiger partial charge in [-0.3, -0.25) is 33.7 Å². The molecule has 0 radical (unpaired) electrons. The number of fused-ring (bicyclic) bond motifs is 4. The number of morpholine rings is 1. The molecule has 18 heteroatoms. The molecule has 1 spiro atoms. The highest BCUT2D eigenvalue weighted by Gasteiger charge is 2.74. The van der Waals surface area contributed by atoms with E-state index in [0.717, 1.165) is 34.1 Å². The van der Waals surface area contributed by atoms with Gasteiger partial charge in [-0.2, -0.15) is 0 Å². The van der Waals surface area contributed by atoms with Crippen molar-refractivity contribution >= 4 is 63.9 Å². The highest BCUT2D eigenvalue weighted by atomic mass is 127. The summed E-state index contributed by atoms with van der Waals surface area (Å²) in [6.07, 6.45) is 2.65. The zero-order valence-corrected chi connectivity index (χ0v) is 45.5. The highest BCUT2D eigenvalue weighted by molar-refractivity contribution is 14.1. The van der Waals surface area contributed by atoms with Gasteiger partial charge >= 0.3 is 17.9 Å². The zero-order chi connectivity index (χ0) is 54.7. The van der Waals surface area contributed by atoms with Gasteiger partial charge in [-0.15, -0.1) is 0 Å². The molecule has 4 fully saturated rings. The molecule has 5 aliphatic rings. The molecular weight excluding hydrogens is 1110 g/mol. The van der Waals surface area contributed by atoms with Crippen molar-refractivity contribution in [3.63, 3.8) is 0 Å². The van der Waals surface area contributed by atoms with E-state index >= 15 is 4.79 Å². The number of carbonyl (C=O) groups excluding carboxylic acids is 6. The number of aliphatic hydroxyl groups excluding tert-OH is 1. The molecule has 0 aromatic heterocycles. The molecule has 17 nitrogen and oxygen atoms in total. The predicted octanol–water partition coefficient (Wildman–Crippen LogP) is 6.77. The fourth-order valence-corrected chi connectivity index (χ4v) is 12.9. The monoisotopic (exact) mass is 1170 g/mol. The Bertz CT molecular complexity index is 3050. The van der Waals surface area contributed by atoms with Crippen LogP contribution < -0.4 is 20.1 Å². The summed E-state index contributed by atoms with van der Waals surface area (Å²) in [7, 11) is 3.96. The first kappa shape index (κ1) is 54.2.